The van der Waals surface area contributed by atoms with Crippen LogP contribution in [-0.2, 0) is 0 Å². The van der Waals surface area contributed by atoms with Gasteiger partial charge in [0.25, 0.3) is 0 Å². The second kappa shape index (κ2) is 2.64. The molecule has 2 N–H and O–H groups in total. The van der Waals surface area contributed by atoms with Crippen molar-refractivity contribution >= 4 is 11.4 Å². The van der Waals surface area contributed by atoms with Gasteiger partial charge in [-0.1, -0.05) is 0 Å². The maximum absolute atomic E-state index is 12.7. The summed E-state index contributed by atoms with van der Waals surface area (Å²) in [4.78, 5) is 0. The lowest BCUT2D eigenvalue weighted by Crippen LogP contribution is -2.35. The Balaban J connectivity index is 2.40. The van der Waals surface area contributed by atoms with E-state index in [4.69, 9.17) is 0 Å². The number of fused-ring (bicyclic) bond motifs is 1. The van der Waals surface area contributed by atoms with Gasteiger partial charge in [0.05, 0.1) is 11.4 Å². The number of benzene rings is 1. The standard InChI is InChI=1S/C8H10FN3/c1-2-12-8-4-3-6(9)5-7(8)10-11-12/h3-5,10-11H,2H2,1H3. The van der Waals surface area contributed by atoms with Crippen LogP contribution in [0.25, 0.3) is 0 Å². The molecule has 4 heteroatoms. The van der Waals surface area contributed by atoms with Crippen LogP contribution in [0.5, 0.6) is 0 Å². The summed E-state index contributed by atoms with van der Waals surface area (Å²) in [7, 11) is 0. The van der Waals surface area contributed by atoms with Crippen LogP contribution in [0.3, 0.4) is 0 Å². The van der Waals surface area contributed by atoms with Crippen molar-refractivity contribution in [3.63, 3.8) is 0 Å². The molecule has 0 unspecified atom stereocenters. The van der Waals surface area contributed by atoms with E-state index >= 15 is 0 Å². The molecule has 1 aliphatic heterocycles. The Hall–Kier alpha value is -1.29. The molecule has 0 spiro atoms. The van der Waals surface area contributed by atoms with E-state index < -0.39 is 0 Å². The summed E-state index contributed by atoms with van der Waals surface area (Å²) in [5, 5.41) is 1.91. The van der Waals surface area contributed by atoms with Gasteiger partial charge < -0.3 is 5.43 Å². The zero-order valence-corrected chi connectivity index (χ0v) is 6.76. The van der Waals surface area contributed by atoms with Crippen molar-refractivity contribution in [3.8, 4) is 0 Å². The van der Waals surface area contributed by atoms with Crippen LogP contribution in [0.4, 0.5) is 15.8 Å². The minimum Gasteiger partial charge on any atom is -0.302 e. The third kappa shape index (κ3) is 1.00. The Kier molecular flexibility index (Phi) is 1.62. The molecule has 0 fully saturated rings. The maximum atomic E-state index is 12.7. The van der Waals surface area contributed by atoms with Gasteiger partial charge in [0.2, 0.25) is 0 Å². The second-order valence-electron chi connectivity index (χ2n) is 2.64. The molecular formula is C8H10FN3. The van der Waals surface area contributed by atoms with Crippen molar-refractivity contribution in [2.75, 3.05) is 17.0 Å². The molecule has 0 radical (unpaired) electrons. The molecule has 0 saturated heterocycles. The average Bonchev–Trinajstić information content (AvgIpc) is 2.46. The van der Waals surface area contributed by atoms with Crippen LogP contribution in [0, 0.1) is 5.82 Å². The summed E-state index contributed by atoms with van der Waals surface area (Å²) < 4.78 is 12.7. The molecule has 1 heterocycles. The Morgan fingerprint density at radius 1 is 1.50 bits per heavy atom. The first-order valence-corrected chi connectivity index (χ1v) is 3.90. The molecule has 0 atom stereocenters. The SMILES string of the molecule is CCN1NNc2cc(F)ccc21. The van der Waals surface area contributed by atoms with Crippen LogP contribution < -0.4 is 16.0 Å². The predicted molar refractivity (Wildman–Crippen MR) is 46.2 cm³/mol. The summed E-state index contributed by atoms with van der Waals surface area (Å²) in [6.45, 7) is 2.86. The molecule has 2 rings (SSSR count). The van der Waals surface area contributed by atoms with E-state index in [0.717, 1.165) is 17.9 Å². The van der Waals surface area contributed by atoms with Gasteiger partial charge in [-0.2, -0.15) is 0 Å². The number of rotatable bonds is 1. The molecular weight excluding hydrogens is 157 g/mol. The van der Waals surface area contributed by atoms with Gasteiger partial charge in [-0.05, 0) is 19.1 Å². The molecule has 64 valence electrons. The van der Waals surface area contributed by atoms with E-state index in [1.54, 1.807) is 6.07 Å². The summed E-state index contributed by atoms with van der Waals surface area (Å²) in [6, 6.07) is 4.68. The van der Waals surface area contributed by atoms with Gasteiger partial charge in [0.15, 0.2) is 0 Å². The first-order chi connectivity index (χ1) is 5.81. The van der Waals surface area contributed by atoms with Crippen molar-refractivity contribution < 1.29 is 4.39 Å². The third-order valence-corrected chi connectivity index (χ3v) is 1.89. The van der Waals surface area contributed by atoms with E-state index in [2.05, 4.69) is 11.0 Å². The van der Waals surface area contributed by atoms with Gasteiger partial charge in [-0.3, -0.25) is 5.01 Å². The number of hydrazine groups is 2. The van der Waals surface area contributed by atoms with Gasteiger partial charge in [-0.15, -0.1) is 5.53 Å². The molecule has 0 aliphatic carbocycles. The highest BCUT2D eigenvalue weighted by Crippen LogP contribution is 2.28. The largest absolute Gasteiger partial charge is 0.302 e. The number of nitrogens with zero attached hydrogens (tertiary/aromatic N) is 1. The van der Waals surface area contributed by atoms with Crippen LogP contribution in [0.2, 0.25) is 0 Å². The lowest BCUT2D eigenvalue weighted by molar-refractivity contribution is 0.628. The lowest BCUT2D eigenvalue weighted by Gasteiger charge is -2.13. The van der Waals surface area contributed by atoms with E-state index in [0.29, 0.717) is 0 Å². The predicted octanol–water partition coefficient (Wildman–Crippen LogP) is 1.50. The Morgan fingerprint density at radius 2 is 2.33 bits per heavy atom. The van der Waals surface area contributed by atoms with Crippen LogP contribution in [0.1, 0.15) is 6.92 Å². The van der Waals surface area contributed by atoms with Crippen molar-refractivity contribution in [2.45, 2.75) is 6.92 Å². The number of nitrogens with one attached hydrogen (secondary N) is 2. The zero-order valence-electron chi connectivity index (χ0n) is 6.76. The summed E-state index contributed by atoms with van der Waals surface area (Å²) >= 11 is 0. The molecule has 0 bridgehead atoms. The molecule has 1 aromatic rings. The number of hydrogen-bond acceptors (Lipinski definition) is 3. The molecule has 0 saturated carbocycles. The van der Waals surface area contributed by atoms with Crippen molar-refractivity contribution in [3.05, 3.63) is 24.0 Å². The number of anilines is 2. The minimum absolute atomic E-state index is 0.221. The quantitative estimate of drug-likeness (QED) is 0.663. The van der Waals surface area contributed by atoms with Crippen molar-refractivity contribution in [2.24, 2.45) is 0 Å². The third-order valence-electron chi connectivity index (χ3n) is 1.89. The Morgan fingerprint density at radius 3 is 3.08 bits per heavy atom. The normalized spacial score (nSPS) is 14.3. The topological polar surface area (TPSA) is 27.3 Å². The van der Waals surface area contributed by atoms with Gasteiger partial charge in [0, 0.05) is 12.6 Å². The van der Waals surface area contributed by atoms with Gasteiger partial charge in [-0.25, -0.2) is 4.39 Å². The highest BCUT2D eigenvalue weighted by Gasteiger charge is 2.16. The minimum atomic E-state index is -0.221. The van der Waals surface area contributed by atoms with Crippen LogP contribution in [0.15, 0.2) is 18.2 Å². The van der Waals surface area contributed by atoms with Gasteiger partial charge >= 0.3 is 0 Å². The van der Waals surface area contributed by atoms with E-state index in [9.17, 15) is 4.39 Å². The molecule has 1 aliphatic rings. The van der Waals surface area contributed by atoms with Crippen LogP contribution in [-0.4, -0.2) is 6.54 Å². The highest BCUT2D eigenvalue weighted by molar-refractivity contribution is 5.72. The maximum Gasteiger partial charge on any atom is 0.125 e. The van der Waals surface area contributed by atoms with Gasteiger partial charge in [0.1, 0.15) is 5.82 Å². The Bertz CT molecular complexity index is 300. The first-order valence-electron chi connectivity index (χ1n) is 3.90. The number of hydrogen-bond donors (Lipinski definition) is 2. The highest BCUT2D eigenvalue weighted by atomic mass is 19.1. The number of halogens is 1. The fourth-order valence-corrected chi connectivity index (χ4v) is 1.28. The van der Waals surface area contributed by atoms with E-state index in [1.807, 2.05) is 11.9 Å². The molecule has 3 nitrogen and oxygen atoms in total. The van der Waals surface area contributed by atoms with E-state index in [1.165, 1.54) is 12.1 Å². The molecule has 12 heavy (non-hydrogen) atoms. The Labute approximate surface area is 70.1 Å². The fraction of sp³-hybridized carbons (Fsp3) is 0.250. The smallest absolute Gasteiger partial charge is 0.125 e. The van der Waals surface area contributed by atoms with Crippen molar-refractivity contribution in [1.82, 2.24) is 5.53 Å². The summed E-state index contributed by atoms with van der Waals surface area (Å²) in [5.74, 6) is -0.221. The zero-order chi connectivity index (χ0) is 8.55. The summed E-state index contributed by atoms with van der Waals surface area (Å²) in [6.07, 6.45) is 0. The monoisotopic (exact) mass is 167 g/mol. The average molecular weight is 167 g/mol. The fourth-order valence-electron chi connectivity index (χ4n) is 1.28. The lowest BCUT2D eigenvalue weighted by atomic mass is 10.2. The summed E-state index contributed by atoms with van der Waals surface area (Å²) in [5.41, 5.74) is 7.57. The van der Waals surface area contributed by atoms with Crippen molar-refractivity contribution in [1.29, 1.82) is 0 Å². The molecule has 0 amide bonds. The molecule has 0 aromatic heterocycles. The molecule has 1 aromatic carbocycles. The first kappa shape index (κ1) is 7.36. The van der Waals surface area contributed by atoms with E-state index in [-0.39, 0.29) is 5.82 Å². The second-order valence-corrected chi connectivity index (χ2v) is 2.64. The van der Waals surface area contributed by atoms with Crippen LogP contribution >= 0.6 is 0 Å².